The number of benzene rings is 1. The Bertz CT molecular complexity index is 650. The lowest BCUT2D eigenvalue weighted by molar-refractivity contribution is -0.125. The van der Waals surface area contributed by atoms with Crippen molar-refractivity contribution in [1.29, 1.82) is 0 Å². The number of carbonyl (C=O) groups excluding carboxylic acids is 1. The molecule has 2 aliphatic heterocycles. The van der Waals surface area contributed by atoms with E-state index in [1.165, 1.54) is 11.1 Å². The van der Waals surface area contributed by atoms with Crippen molar-refractivity contribution in [2.24, 2.45) is 0 Å². The van der Waals surface area contributed by atoms with Gasteiger partial charge in [0.25, 0.3) is 0 Å². The van der Waals surface area contributed by atoms with Crippen LogP contribution in [-0.4, -0.2) is 47.8 Å². The van der Waals surface area contributed by atoms with Crippen LogP contribution >= 0.6 is 12.2 Å². The summed E-state index contributed by atoms with van der Waals surface area (Å²) >= 11 is 5.72. The summed E-state index contributed by atoms with van der Waals surface area (Å²) in [4.78, 5) is 14.1. The fourth-order valence-electron chi connectivity index (χ4n) is 4.16. The summed E-state index contributed by atoms with van der Waals surface area (Å²) in [7, 11) is 1.54. The maximum atomic E-state index is 11.8. The number of hydrogen-bond acceptors (Lipinski definition) is 3. The van der Waals surface area contributed by atoms with Gasteiger partial charge in [-0.15, -0.1) is 0 Å². The Morgan fingerprint density at radius 2 is 1.96 bits per heavy atom. The minimum absolute atomic E-state index is 0.0312. The molecule has 1 aromatic carbocycles. The van der Waals surface area contributed by atoms with Crippen LogP contribution in [0, 0.1) is 13.8 Å². The molecule has 0 saturated carbocycles. The molecule has 2 saturated heterocycles. The summed E-state index contributed by atoms with van der Waals surface area (Å²) in [5.41, 5.74) is 3.53. The first-order valence-corrected chi connectivity index (χ1v) is 9.33. The number of amides is 1. The molecule has 0 aliphatic carbocycles. The molecule has 0 radical (unpaired) electrons. The average Bonchev–Trinajstić information content (AvgIpc) is 2.82. The van der Waals surface area contributed by atoms with Crippen molar-refractivity contribution in [2.75, 3.05) is 19.0 Å². The number of hydrogen-bond donors (Lipinski definition) is 2. The number of aryl methyl sites for hydroxylation is 2. The molecule has 0 aromatic heterocycles. The number of thiocarbonyl (C=S) groups is 1. The van der Waals surface area contributed by atoms with E-state index >= 15 is 0 Å². The summed E-state index contributed by atoms with van der Waals surface area (Å²) in [6.45, 7) is 4.32. The quantitative estimate of drug-likeness (QED) is 0.808. The van der Waals surface area contributed by atoms with E-state index in [0.717, 1.165) is 36.5 Å². The van der Waals surface area contributed by atoms with Crippen molar-refractivity contribution in [3.05, 3.63) is 29.3 Å². The fourth-order valence-corrected chi connectivity index (χ4v) is 4.57. The number of nitrogens with one attached hydrogen (secondary N) is 2. The van der Waals surface area contributed by atoms with Gasteiger partial charge < -0.3 is 20.3 Å². The number of piperidine rings is 1. The molecule has 136 valence electrons. The lowest BCUT2D eigenvalue weighted by Gasteiger charge is -2.40. The summed E-state index contributed by atoms with van der Waals surface area (Å²) in [6.07, 6.45) is 4.16. The molecule has 2 heterocycles. The number of carbonyl (C=O) groups is 1. The van der Waals surface area contributed by atoms with Crippen molar-refractivity contribution in [3.8, 4) is 0 Å². The molecule has 2 N–H and O–H groups in total. The molecule has 0 spiro atoms. The van der Waals surface area contributed by atoms with Gasteiger partial charge in [-0.25, -0.2) is 0 Å². The molecular weight excluding hydrogens is 334 g/mol. The second kappa shape index (κ2) is 7.70. The molecule has 2 fully saturated rings. The number of rotatable bonds is 4. The molecule has 25 heavy (non-hydrogen) atoms. The smallest absolute Gasteiger partial charge is 0.246 e. The zero-order valence-corrected chi connectivity index (χ0v) is 16.0. The minimum atomic E-state index is -0.0312. The highest BCUT2D eigenvalue weighted by atomic mass is 32.1. The number of ether oxygens (including phenoxy) is 1. The maximum Gasteiger partial charge on any atom is 0.246 e. The van der Waals surface area contributed by atoms with Gasteiger partial charge in [-0.1, -0.05) is 17.7 Å². The zero-order valence-electron chi connectivity index (χ0n) is 15.2. The monoisotopic (exact) mass is 361 g/mol. The molecule has 6 heteroatoms. The topological polar surface area (TPSA) is 53.6 Å². The van der Waals surface area contributed by atoms with Gasteiger partial charge in [-0.2, -0.15) is 0 Å². The van der Waals surface area contributed by atoms with E-state index in [9.17, 15) is 4.79 Å². The number of fused-ring (bicyclic) bond motifs is 2. The zero-order chi connectivity index (χ0) is 18.0. The van der Waals surface area contributed by atoms with Crippen molar-refractivity contribution in [3.63, 3.8) is 0 Å². The highest BCUT2D eigenvalue weighted by Crippen LogP contribution is 2.36. The molecular formula is C19H27N3O2S. The van der Waals surface area contributed by atoms with Crippen molar-refractivity contribution in [1.82, 2.24) is 10.2 Å². The van der Waals surface area contributed by atoms with E-state index in [-0.39, 0.29) is 18.6 Å². The first kappa shape index (κ1) is 18.1. The van der Waals surface area contributed by atoms with Gasteiger partial charge in [0.05, 0.1) is 0 Å². The molecule has 5 nitrogen and oxygen atoms in total. The second-order valence-electron chi connectivity index (χ2n) is 7.21. The Morgan fingerprint density at radius 3 is 2.56 bits per heavy atom. The van der Waals surface area contributed by atoms with Gasteiger partial charge in [-0.3, -0.25) is 4.79 Å². The Hall–Kier alpha value is -1.66. The van der Waals surface area contributed by atoms with Crippen LogP contribution in [0.1, 0.15) is 36.8 Å². The van der Waals surface area contributed by atoms with Crippen LogP contribution in [0.2, 0.25) is 0 Å². The van der Waals surface area contributed by atoms with E-state index in [1.807, 2.05) is 0 Å². The Balaban J connectivity index is 1.62. The number of nitrogens with zero attached hydrogens (tertiary/aromatic N) is 1. The van der Waals surface area contributed by atoms with Crippen LogP contribution in [0.25, 0.3) is 0 Å². The highest BCUT2D eigenvalue weighted by molar-refractivity contribution is 7.80. The lowest BCUT2D eigenvalue weighted by atomic mass is 9.97. The third-order valence-electron chi connectivity index (χ3n) is 5.23. The molecule has 2 bridgehead atoms. The first-order valence-electron chi connectivity index (χ1n) is 8.92. The van der Waals surface area contributed by atoms with Crippen LogP contribution < -0.4 is 10.6 Å². The van der Waals surface area contributed by atoms with Gasteiger partial charge in [0.1, 0.15) is 6.61 Å². The maximum absolute atomic E-state index is 11.8. The molecule has 1 aromatic rings. The van der Waals surface area contributed by atoms with E-state index in [4.69, 9.17) is 17.0 Å². The van der Waals surface area contributed by atoms with Gasteiger partial charge >= 0.3 is 0 Å². The van der Waals surface area contributed by atoms with Crippen LogP contribution in [0.5, 0.6) is 0 Å². The normalized spacial score (nSPS) is 24.9. The Labute approximate surface area is 155 Å². The van der Waals surface area contributed by atoms with Crippen LogP contribution in [0.3, 0.4) is 0 Å². The van der Waals surface area contributed by atoms with Crippen LogP contribution in [-0.2, 0) is 9.53 Å². The van der Waals surface area contributed by atoms with E-state index in [2.05, 4.69) is 47.6 Å². The molecule has 1 amide bonds. The largest absolute Gasteiger partial charge is 0.375 e. The SMILES string of the molecule is COCC(=O)NC1C[C@H]2CC[C@@H](C1)N2C(=S)Nc1ccc(C)cc1C. The summed E-state index contributed by atoms with van der Waals surface area (Å²) in [5, 5.41) is 7.33. The molecule has 3 atom stereocenters. The van der Waals surface area contributed by atoms with Crippen molar-refractivity contribution in [2.45, 2.75) is 57.7 Å². The minimum Gasteiger partial charge on any atom is -0.375 e. The summed E-state index contributed by atoms with van der Waals surface area (Å²) < 4.78 is 4.91. The van der Waals surface area contributed by atoms with Gasteiger partial charge in [0, 0.05) is 30.9 Å². The summed E-state index contributed by atoms with van der Waals surface area (Å²) in [5.74, 6) is -0.0312. The van der Waals surface area contributed by atoms with E-state index in [1.54, 1.807) is 7.11 Å². The van der Waals surface area contributed by atoms with Gasteiger partial charge in [0.15, 0.2) is 5.11 Å². The van der Waals surface area contributed by atoms with Crippen molar-refractivity contribution < 1.29 is 9.53 Å². The average molecular weight is 362 g/mol. The van der Waals surface area contributed by atoms with Gasteiger partial charge in [-0.05, 0) is 63.4 Å². The Kier molecular flexibility index (Phi) is 5.59. The predicted octanol–water partition coefficient (Wildman–Crippen LogP) is 2.76. The van der Waals surface area contributed by atoms with E-state index in [0.29, 0.717) is 12.1 Å². The lowest BCUT2D eigenvalue weighted by Crippen LogP contribution is -2.53. The number of methoxy groups -OCH3 is 1. The number of anilines is 1. The highest BCUT2D eigenvalue weighted by Gasteiger charge is 2.42. The fraction of sp³-hybridized carbons (Fsp3) is 0.579. The first-order chi connectivity index (χ1) is 12.0. The van der Waals surface area contributed by atoms with Crippen molar-refractivity contribution >= 4 is 28.9 Å². The van der Waals surface area contributed by atoms with E-state index < -0.39 is 0 Å². The summed E-state index contributed by atoms with van der Waals surface area (Å²) in [6, 6.07) is 7.38. The van der Waals surface area contributed by atoms with Crippen LogP contribution in [0.15, 0.2) is 18.2 Å². The second-order valence-corrected chi connectivity index (χ2v) is 7.60. The third-order valence-corrected chi connectivity index (χ3v) is 5.54. The predicted molar refractivity (Wildman–Crippen MR) is 104 cm³/mol. The molecule has 3 rings (SSSR count). The molecule has 1 unspecified atom stereocenters. The van der Waals surface area contributed by atoms with Crippen LogP contribution in [0.4, 0.5) is 5.69 Å². The van der Waals surface area contributed by atoms with Gasteiger partial charge in [0.2, 0.25) is 5.91 Å². The third kappa shape index (κ3) is 4.12. The standard InChI is InChI=1S/C19H27N3O2S/c1-12-4-7-17(13(2)8-12)21-19(25)22-15-5-6-16(22)10-14(9-15)20-18(23)11-24-3/h4,7-8,14-16H,5-6,9-11H2,1-3H3,(H,20,23)(H,21,25)/t14?,15-,16+. The Morgan fingerprint density at radius 1 is 1.28 bits per heavy atom. The molecule has 2 aliphatic rings.